The summed E-state index contributed by atoms with van der Waals surface area (Å²) in [6.45, 7) is 0.187. The Morgan fingerprint density at radius 1 is 1.14 bits per heavy atom. The summed E-state index contributed by atoms with van der Waals surface area (Å²) in [7, 11) is -2.48. The number of alkyl halides is 3. The molecule has 0 fully saturated rings. The molecule has 0 saturated carbocycles. The minimum Gasteiger partial charge on any atom is -0.457 e. The number of nitrogens with zero attached hydrogens (tertiary/aromatic N) is 3. The highest BCUT2D eigenvalue weighted by Crippen LogP contribution is 2.40. The van der Waals surface area contributed by atoms with Crippen LogP contribution >= 0.6 is 11.3 Å². The first-order valence-corrected chi connectivity index (χ1v) is 13.0. The average molecular weight is 551 g/mol. The van der Waals surface area contributed by atoms with Gasteiger partial charge in [0.2, 0.25) is 5.76 Å². The molecule has 37 heavy (non-hydrogen) atoms. The molecule has 0 aliphatic carbocycles. The normalized spacial score (nSPS) is 13.5. The topological polar surface area (TPSA) is 115 Å². The lowest BCUT2D eigenvalue weighted by Crippen LogP contribution is -2.28. The van der Waals surface area contributed by atoms with Crippen LogP contribution in [0.2, 0.25) is 0 Å². The first kappa shape index (κ1) is 24.8. The third-order valence-electron chi connectivity index (χ3n) is 5.50. The minimum absolute atomic E-state index is 0.0363. The van der Waals surface area contributed by atoms with Crippen LogP contribution in [0.15, 0.2) is 63.5 Å². The molecule has 14 heteroatoms. The molecule has 0 bridgehead atoms. The van der Waals surface area contributed by atoms with Crippen LogP contribution < -0.4 is 14.4 Å². The number of hydrogen-bond acceptors (Lipinski definition) is 8. The number of halogens is 3. The molecular weight excluding hydrogens is 533 g/mol. The first-order chi connectivity index (χ1) is 17.6. The zero-order chi connectivity index (χ0) is 26.4. The van der Waals surface area contributed by atoms with Crippen LogP contribution in [-0.4, -0.2) is 38.1 Å². The minimum atomic E-state index is -4.69. The Hall–Kier alpha value is -3.91. The molecule has 1 aliphatic heterocycles. The molecule has 1 N–H and O–H groups in total. The molecule has 0 radical (unpaired) electrons. The van der Waals surface area contributed by atoms with E-state index in [1.807, 2.05) is 0 Å². The molecule has 4 heterocycles. The van der Waals surface area contributed by atoms with Crippen molar-refractivity contribution in [3.05, 3.63) is 71.7 Å². The quantitative estimate of drug-likeness (QED) is 0.370. The molecule has 0 atom stereocenters. The SMILES string of the molecule is CNC(=O)c1cc(Oc2ccc3c(c2)CCN3S(=O)(=O)c2ccc(-c3cc(C(F)(F)F)on3)s2)ccn1. The van der Waals surface area contributed by atoms with Crippen LogP contribution in [0.3, 0.4) is 0 Å². The molecule has 4 aromatic rings. The van der Waals surface area contributed by atoms with Gasteiger partial charge in [0.15, 0.2) is 0 Å². The van der Waals surface area contributed by atoms with E-state index >= 15 is 0 Å². The number of fused-ring (bicyclic) bond motifs is 1. The van der Waals surface area contributed by atoms with Gasteiger partial charge in [0, 0.05) is 31.9 Å². The Bertz CT molecular complexity index is 1600. The first-order valence-electron chi connectivity index (χ1n) is 10.7. The van der Waals surface area contributed by atoms with Gasteiger partial charge in [-0.3, -0.25) is 14.1 Å². The fourth-order valence-corrected chi connectivity index (χ4v) is 6.63. The number of thiophene rings is 1. The number of pyridine rings is 1. The maximum Gasteiger partial charge on any atom is 0.452 e. The lowest BCUT2D eigenvalue weighted by Gasteiger charge is -2.18. The number of ether oxygens (including phenoxy) is 1. The molecule has 1 aliphatic rings. The van der Waals surface area contributed by atoms with E-state index in [2.05, 4.69) is 20.0 Å². The molecule has 192 valence electrons. The highest BCUT2D eigenvalue weighted by molar-refractivity contribution is 7.94. The number of aromatic nitrogens is 2. The van der Waals surface area contributed by atoms with E-state index in [0.29, 0.717) is 23.6 Å². The van der Waals surface area contributed by atoms with Gasteiger partial charge in [-0.1, -0.05) is 5.16 Å². The van der Waals surface area contributed by atoms with E-state index in [-0.39, 0.29) is 32.9 Å². The van der Waals surface area contributed by atoms with Gasteiger partial charge in [-0.25, -0.2) is 8.42 Å². The Morgan fingerprint density at radius 2 is 1.92 bits per heavy atom. The van der Waals surface area contributed by atoms with E-state index in [4.69, 9.17) is 4.74 Å². The predicted molar refractivity (Wildman–Crippen MR) is 127 cm³/mol. The molecule has 0 spiro atoms. The lowest BCUT2D eigenvalue weighted by atomic mass is 10.1. The van der Waals surface area contributed by atoms with Gasteiger partial charge in [-0.2, -0.15) is 13.2 Å². The lowest BCUT2D eigenvalue weighted by molar-refractivity contribution is -0.155. The Balaban J connectivity index is 1.36. The third-order valence-corrected chi connectivity index (χ3v) is 8.89. The fourth-order valence-electron chi connectivity index (χ4n) is 3.75. The van der Waals surface area contributed by atoms with Crippen molar-refractivity contribution in [2.75, 3.05) is 17.9 Å². The van der Waals surface area contributed by atoms with Crippen molar-refractivity contribution in [3.63, 3.8) is 0 Å². The maximum absolute atomic E-state index is 13.3. The molecule has 3 aromatic heterocycles. The van der Waals surface area contributed by atoms with Gasteiger partial charge in [0.25, 0.3) is 15.9 Å². The Kier molecular flexibility index (Phi) is 6.15. The molecule has 0 saturated heterocycles. The Morgan fingerprint density at radius 3 is 2.65 bits per heavy atom. The van der Waals surface area contributed by atoms with Crippen LogP contribution in [0, 0.1) is 0 Å². The third kappa shape index (κ3) is 4.76. The summed E-state index contributed by atoms with van der Waals surface area (Å²) in [5.74, 6) is -0.773. The van der Waals surface area contributed by atoms with Gasteiger partial charge in [-0.05, 0) is 48.4 Å². The van der Waals surface area contributed by atoms with Crippen molar-refractivity contribution < 1.29 is 35.6 Å². The van der Waals surface area contributed by atoms with Crippen LogP contribution in [-0.2, 0) is 22.6 Å². The standard InChI is InChI=1S/C23H17F3N4O5S2/c1-27-22(31)17-11-15(6-8-28-17)34-14-2-3-18-13(10-14)7-9-30(18)37(32,33)21-5-4-19(36-21)16-12-20(35-29-16)23(24,25)26/h2-6,8,10-12H,7,9H2,1H3,(H,27,31). The van der Waals surface area contributed by atoms with E-state index in [9.17, 15) is 26.4 Å². The van der Waals surface area contributed by atoms with Crippen molar-refractivity contribution in [3.8, 4) is 22.1 Å². The molecular formula is C23H17F3N4O5S2. The molecule has 0 unspecified atom stereocenters. The second kappa shape index (κ2) is 9.19. The molecule has 9 nitrogen and oxygen atoms in total. The fraction of sp³-hybridized carbons (Fsp3) is 0.174. The van der Waals surface area contributed by atoms with Gasteiger partial charge < -0.3 is 14.6 Å². The number of sulfonamides is 1. The number of carbonyl (C=O) groups excluding carboxylic acids is 1. The van der Waals surface area contributed by atoms with Gasteiger partial charge in [0.1, 0.15) is 27.1 Å². The average Bonchev–Trinajstić information content (AvgIpc) is 3.62. The van der Waals surface area contributed by atoms with Crippen molar-refractivity contribution in [2.45, 2.75) is 16.8 Å². The van der Waals surface area contributed by atoms with E-state index in [1.165, 1.54) is 35.7 Å². The number of benzene rings is 1. The summed E-state index contributed by atoms with van der Waals surface area (Å²) < 4.78 is 76.5. The Labute approximate surface area is 212 Å². The van der Waals surface area contributed by atoms with E-state index in [0.717, 1.165) is 23.0 Å². The molecule has 1 aromatic carbocycles. The predicted octanol–water partition coefficient (Wildman–Crippen LogP) is 4.72. The number of anilines is 1. The summed E-state index contributed by atoms with van der Waals surface area (Å²) in [4.78, 5) is 16.0. The van der Waals surface area contributed by atoms with Gasteiger partial charge >= 0.3 is 6.18 Å². The van der Waals surface area contributed by atoms with Crippen molar-refractivity contribution in [1.82, 2.24) is 15.5 Å². The number of carbonyl (C=O) groups is 1. The zero-order valence-electron chi connectivity index (χ0n) is 18.9. The number of amides is 1. The number of nitrogens with one attached hydrogen (secondary N) is 1. The highest BCUT2D eigenvalue weighted by atomic mass is 32.2. The summed E-state index contributed by atoms with van der Waals surface area (Å²) in [6.07, 6.45) is -2.81. The largest absolute Gasteiger partial charge is 0.457 e. The summed E-state index contributed by atoms with van der Waals surface area (Å²) in [6, 6.07) is 11.5. The maximum atomic E-state index is 13.3. The summed E-state index contributed by atoms with van der Waals surface area (Å²) in [5.41, 5.74) is 1.31. The monoisotopic (exact) mass is 550 g/mol. The summed E-state index contributed by atoms with van der Waals surface area (Å²) >= 11 is 0.806. The van der Waals surface area contributed by atoms with E-state index in [1.54, 1.807) is 24.3 Å². The van der Waals surface area contributed by atoms with Crippen LogP contribution in [0.1, 0.15) is 21.8 Å². The van der Waals surface area contributed by atoms with Crippen molar-refractivity contribution in [2.24, 2.45) is 0 Å². The van der Waals surface area contributed by atoms with Gasteiger partial charge in [0.05, 0.1) is 10.6 Å². The van der Waals surface area contributed by atoms with E-state index < -0.39 is 22.0 Å². The van der Waals surface area contributed by atoms with Crippen molar-refractivity contribution in [1.29, 1.82) is 0 Å². The van der Waals surface area contributed by atoms with Crippen LogP contribution in [0.5, 0.6) is 11.5 Å². The summed E-state index contributed by atoms with van der Waals surface area (Å²) in [5, 5.41) is 5.90. The number of hydrogen-bond donors (Lipinski definition) is 1. The molecule has 1 amide bonds. The van der Waals surface area contributed by atoms with Crippen LogP contribution in [0.25, 0.3) is 10.6 Å². The second-order valence-corrected chi connectivity index (χ2v) is 11.0. The van der Waals surface area contributed by atoms with Crippen molar-refractivity contribution >= 4 is 33.0 Å². The van der Waals surface area contributed by atoms with Crippen LogP contribution in [0.4, 0.5) is 18.9 Å². The number of rotatable bonds is 6. The highest BCUT2D eigenvalue weighted by Gasteiger charge is 2.37. The second-order valence-electron chi connectivity index (χ2n) is 7.87. The van der Waals surface area contributed by atoms with Gasteiger partial charge in [-0.15, -0.1) is 11.3 Å². The molecule has 5 rings (SSSR count). The zero-order valence-corrected chi connectivity index (χ0v) is 20.6. The smallest absolute Gasteiger partial charge is 0.452 e.